The Morgan fingerprint density at radius 2 is 1.04 bits per heavy atom. The van der Waals surface area contributed by atoms with Crippen LogP contribution < -0.4 is 0 Å². The summed E-state index contributed by atoms with van der Waals surface area (Å²) in [5.74, 6) is 3.43. The molecule has 0 heterocycles. The molecular formula is C24H35NS3. The van der Waals surface area contributed by atoms with Gasteiger partial charge in [-0.2, -0.15) is 12.6 Å². The highest BCUT2D eigenvalue weighted by Crippen LogP contribution is 2.20. The number of thioether (sulfide) groups is 2. The molecule has 0 aliphatic rings. The SMILES string of the molecule is SCCN(CCCCCSc1ccccc1)CCCCCSc1ccccc1. The van der Waals surface area contributed by atoms with Gasteiger partial charge >= 0.3 is 0 Å². The first-order valence-corrected chi connectivity index (χ1v) is 13.2. The second-order valence-electron chi connectivity index (χ2n) is 7.01. The fraction of sp³-hybridized carbons (Fsp3) is 0.500. The third-order valence-electron chi connectivity index (χ3n) is 4.68. The Hall–Kier alpha value is -0.550. The van der Waals surface area contributed by atoms with Gasteiger partial charge in [-0.3, -0.25) is 0 Å². The van der Waals surface area contributed by atoms with Crippen molar-refractivity contribution in [2.75, 3.05) is 36.9 Å². The van der Waals surface area contributed by atoms with E-state index in [1.807, 2.05) is 23.5 Å². The molecule has 0 saturated heterocycles. The van der Waals surface area contributed by atoms with Gasteiger partial charge in [-0.05, 0) is 74.5 Å². The van der Waals surface area contributed by atoms with Crippen LogP contribution in [0.2, 0.25) is 0 Å². The molecule has 0 bridgehead atoms. The van der Waals surface area contributed by atoms with E-state index in [2.05, 4.69) is 78.2 Å². The minimum Gasteiger partial charge on any atom is -0.303 e. The van der Waals surface area contributed by atoms with E-state index in [0.29, 0.717) is 0 Å². The summed E-state index contributed by atoms with van der Waals surface area (Å²) in [4.78, 5) is 5.40. The molecule has 0 N–H and O–H groups in total. The lowest BCUT2D eigenvalue weighted by molar-refractivity contribution is 0.278. The van der Waals surface area contributed by atoms with Crippen LogP contribution in [-0.2, 0) is 0 Å². The van der Waals surface area contributed by atoms with Gasteiger partial charge in [0.1, 0.15) is 0 Å². The van der Waals surface area contributed by atoms with Crippen molar-refractivity contribution >= 4 is 36.2 Å². The van der Waals surface area contributed by atoms with Crippen molar-refractivity contribution in [2.24, 2.45) is 0 Å². The van der Waals surface area contributed by atoms with Crippen LogP contribution in [0.15, 0.2) is 70.5 Å². The Kier molecular flexibility index (Phi) is 13.8. The number of thiol groups is 1. The van der Waals surface area contributed by atoms with Crippen LogP contribution in [0.1, 0.15) is 38.5 Å². The summed E-state index contributed by atoms with van der Waals surface area (Å²) in [5.41, 5.74) is 0. The van der Waals surface area contributed by atoms with Gasteiger partial charge in [0.05, 0.1) is 0 Å². The quantitative estimate of drug-likeness (QED) is 0.170. The van der Waals surface area contributed by atoms with Crippen molar-refractivity contribution in [2.45, 2.75) is 48.3 Å². The summed E-state index contributed by atoms with van der Waals surface area (Å²) >= 11 is 8.41. The van der Waals surface area contributed by atoms with Gasteiger partial charge in [-0.25, -0.2) is 0 Å². The van der Waals surface area contributed by atoms with Gasteiger partial charge in [0.2, 0.25) is 0 Å². The van der Waals surface area contributed by atoms with Crippen molar-refractivity contribution in [3.63, 3.8) is 0 Å². The summed E-state index contributed by atoms with van der Waals surface area (Å²) in [6.45, 7) is 3.59. The summed E-state index contributed by atoms with van der Waals surface area (Å²) < 4.78 is 0. The number of benzene rings is 2. The van der Waals surface area contributed by atoms with Crippen LogP contribution in [-0.4, -0.2) is 41.8 Å². The molecule has 0 saturated carbocycles. The zero-order chi connectivity index (χ0) is 19.7. The summed E-state index contributed by atoms with van der Waals surface area (Å²) in [7, 11) is 0. The summed E-state index contributed by atoms with van der Waals surface area (Å²) in [6, 6.07) is 21.5. The van der Waals surface area contributed by atoms with Gasteiger partial charge in [0.25, 0.3) is 0 Å². The van der Waals surface area contributed by atoms with E-state index >= 15 is 0 Å². The lowest BCUT2D eigenvalue weighted by Gasteiger charge is -2.21. The van der Waals surface area contributed by atoms with E-state index in [-0.39, 0.29) is 0 Å². The Labute approximate surface area is 186 Å². The molecule has 0 spiro atoms. The number of unbranched alkanes of at least 4 members (excludes halogenated alkanes) is 4. The number of hydrogen-bond acceptors (Lipinski definition) is 4. The third-order valence-corrected chi connectivity index (χ3v) is 7.07. The normalized spacial score (nSPS) is 11.2. The average molecular weight is 434 g/mol. The molecule has 4 heteroatoms. The molecule has 0 amide bonds. The predicted octanol–water partition coefficient (Wildman–Crippen LogP) is 7.14. The first-order valence-electron chi connectivity index (χ1n) is 10.6. The van der Waals surface area contributed by atoms with Crippen LogP contribution in [0.5, 0.6) is 0 Å². The second-order valence-corrected chi connectivity index (χ2v) is 9.79. The predicted molar refractivity (Wildman–Crippen MR) is 132 cm³/mol. The van der Waals surface area contributed by atoms with Crippen LogP contribution in [0, 0.1) is 0 Å². The second kappa shape index (κ2) is 16.3. The molecule has 1 nitrogen and oxygen atoms in total. The lowest BCUT2D eigenvalue weighted by Crippen LogP contribution is -2.28. The van der Waals surface area contributed by atoms with Crippen molar-refractivity contribution in [1.82, 2.24) is 4.90 Å². The van der Waals surface area contributed by atoms with Gasteiger partial charge < -0.3 is 4.90 Å². The molecule has 2 aromatic carbocycles. The zero-order valence-electron chi connectivity index (χ0n) is 17.0. The van der Waals surface area contributed by atoms with Crippen LogP contribution in [0.25, 0.3) is 0 Å². The molecule has 0 aliphatic carbocycles. The molecule has 28 heavy (non-hydrogen) atoms. The highest BCUT2D eigenvalue weighted by Gasteiger charge is 2.04. The van der Waals surface area contributed by atoms with E-state index in [0.717, 1.165) is 12.3 Å². The van der Waals surface area contributed by atoms with Crippen molar-refractivity contribution in [3.05, 3.63) is 60.7 Å². The maximum atomic E-state index is 4.45. The standard InChI is InChI=1S/C24H35NS3/c26-20-19-25(17-9-3-11-21-27-23-13-5-1-6-14-23)18-10-4-12-22-28-24-15-7-2-8-16-24/h1-2,5-8,13-16,26H,3-4,9-12,17-22H2. The fourth-order valence-electron chi connectivity index (χ4n) is 3.12. The highest BCUT2D eigenvalue weighted by molar-refractivity contribution is 7.99. The smallest absolute Gasteiger partial charge is 0.00719 e. The molecular weight excluding hydrogens is 398 g/mol. The first kappa shape index (κ1) is 23.7. The van der Waals surface area contributed by atoms with E-state index < -0.39 is 0 Å². The van der Waals surface area contributed by atoms with Crippen molar-refractivity contribution in [3.8, 4) is 0 Å². The molecule has 0 atom stereocenters. The zero-order valence-corrected chi connectivity index (χ0v) is 19.5. The maximum absolute atomic E-state index is 4.45. The topological polar surface area (TPSA) is 3.24 Å². The number of hydrogen-bond donors (Lipinski definition) is 1. The van der Waals surface area contributed by atoms with Gasteiger partial charge in [0, 0.05) is 22.1 Å². The van der Waals surface area contributed by atoms with Crippen LogP contribution in [0.4, 0.5) is 0 Å². The van der Waals surface area contributed by atoms with Crippen molar-refractivity contribution in [1.29, 1.82) is 0 Å². The van der Waals surface area contributed by atoms with E-state index in [4.69, 9.17) is 0 Å². The fourth-order valence-corrected chi connectivity index (χ4v) is 5.27. The van der Waals surface area contributed by atoms with E-state index in [9.17, 15) is 0 Å². The summed E-state index contributed by atoms with van der Waals surface area (Å²) in [5, 5.41) is 0. The molecule has 2 rings (SSSR count). The highest BCUT2D eigenvalue weighted by atomic mass is 32.2. The van der Waals surface area contributed by atoms with E-state index in [1.54, 1.807) is 0 Å². The first-order chi connectivity index (χ1) is 13.9. The Morgan fingerprint density at radius 3 is 1.46 bits per heavy atom. The Balaban J connectivity index is 1.46. The summed E-state index contributed by atoms with van der Waals surface area (Å²) in [6.07, 6.45) is 7.91. The van der Waals surface area contributed by atoms with E-state index in [1.165, 1.54) is 72.9 Å². The minimum atomic E-state index is 0.966. The molecule has 0 unspecified atom stereocenters. The number of nitrogens with zero attached hydrogens (tertiary/aromatic N) is 1. The molecule has 0 fully saturated rings. The monoisotopic (exact) mass is 433 g/mol. The lowest BCUT2D eigenvalue weighted by atomic mass is 10.2. The van der Waals surface area contributed by atoms with Gasteiger partial charge in [-0.15, -0.1) is 23.5 Å². The van der Waals surface area contributed by atoms with Crippen LogP contribution in [0.3, 0.4) is 0 Å². The molecule has 2 aromatic rings. The largest absolute Gasteiger partial charge is 0.303 e. The molecule has 0 aliphatic heterocycles. The van der Waals surface area contributed by atoms with Gasteiger partial charge in [0.15, 0.2) is 0 Å². The van der Waals surface area contributed by atoms with Gasteiger partial charge in [-0.1, -0.05) is 49.2 Å². The third kappa shape index (κ3) is 11.5. The number of rotatable bonds is 16. The minimum absolute atomic E-state index is 0.966. The molecule has 154 valence electrons. The Morgan fingerprint density at radius 1 is 0.571 bits per heavy atom. The maximum Gasteiger partial charge on any atom is 0.00719 e. The average Bonchev–Trinajstić information content (AvgIpc) is 2.74. The van der Waals surface area contributed by atoms with Crippen molar-refractivity contribution < 1.29 is 0 Å². The Bertz CT molecular complexity index is 540. The molecule has 0 radical (unpaired) electrons. The van der Waals surface area contributed by atoms with Crippen LogP contribution >= 0.6 is 36.2 Å². The molecule has 0 aromatic heterocycles.